The highest BCUT2D eigenvalue weighted by molar-refractivity contribution is 5.75. The molecule has 1 aliphatic heterocycles. The number of rotatable bonds is 5. The van der Waals surface area contributed by atoms with Crippen LogP contribution in [-0.2, 0) is 14.4 Å². The van der Waals surface area contributed by atoms with Crippen LogP contribution in [0.25, 0.3) is 0 Å². The van der Waals surface area contributed by atoms with Gasteiger partial charge in [0.25, 0.3) is 0 Å². The van der Waals surface area contributed by atoms with Crippen LogP contribution < -0.4 is 0 Å². The maximum atomic E-state index is 11.3. The fourth-order valence-corrected chi connectivity index (χ4v) is 1.32. The predicted molar refractivity (Wildman–Crippen MR) is 48.4 cm³/mol. The Hall–Kier alpha value is -1.10. The second-order valence-electron chi connectivity index (χ2n) is 3.28. The highest BCUT2D eigenvalue weighted by Crippen LogP contribution is 2.09. The van der Waals surface area contributed by atoms with Crippen molar-refractivity contribution >= 4 is 11.9 Å². The first kappa shape index (κ1) is 11.0. The first-order valence-electron chi connectivity index (χ1n) is 4.85. The Bertz CT molecular complexity index is 211. The van der Waals surface area contributed by atoms with Crippen molar-refractivity contribution in [3.05, 3.63) is 0 Å². The van der Waals surface area contributed by atoms with Crippen LogP contribution >= 0.6 is 0 Å². The second-order valence-corrected chi connectivity index (χ2v) is 3.28. The lowest BCUT2D eigenvalue weighted by Crippen LogP contribution is -2.26. The van der Waals surface area contributed by atoms with Gasteiger partial charge < -0.3 is 5.11 Å². The van der Waals surface area contributed by atoms with Crippen molar-refractivity contribution < 1.29 is 19.5 Å². The molecule has 0 unspecified atom stereocenters. The number of hydrogen-bond donors (Lipinski definition) is 1. The van der Waals surface area contributed by atoms with Crippen molar-refractivity contribution in [2.75, 3.05) is 13.2 Å². The van der Waals surface area contributed by atoms with Gasteiger partial charge in [-0.3, -0.25) is 14.4 Å². The first-order chi connectivity index (χ1) is 6.70. The lowest BCUT2D eigenvalue weighted by Gasteiger charge is -2.12. The van der Waals surface area contributed by atoms with E-state index in [0.29, 0.717) is 32.4 Å². The number of carbonyl (C=O) groups is 2. The average Bonchev–Trinajstić information content (AvgIpc) is 2.64. The van der Waals surface area contributed by atoms with Crippen molar-refractivity contribution in [1.29, 1.82) is 0 Å². The summed E-state index contributed by atoms with van der Waals surface area (Å²) < 4.78 is 0. The summed E-state index contributed by atoms with van der Waals surface area (Å²) in [6.45, 7) is 1.28. The molecule has 80 valence electrons. The third-order valence-corrected chi connectivity index (χ3v) is 2.06. The maximum Gasteiger partial charge on any atom is 0.303 e. The number of nitrogens with zero attached hydrogens (tertiary/aromatic N) is 1. The summed E-state index contributed by atoms with van der Waals surface area (Å²) in [4.78, 5) is 26.6. The molecule has 0 saturated carbocycles. The minimum atomic E-state index is -0.810. The van der Waals surface area contributed by atoms with E-state index in [9.17, 15) is 9.59 Å². The topological polar surface area (TPSA) is 66.8 Å². The van der Waals surface area contributed by atoms with E-state index >= 15 is 0 Å². The van der Waals surface area contributed by atoms with Gasteiger partial charge in [-0.2, -0.15) is 0 Å². The Morgan fingerprint density at radius 3 is 2.57 bits per heavy atom. The minimum absolute atomic E-state index is 0.0344. The van der Waals surface area contributed by atoms with Crippen LogP contribution in [-0.4, -0.2) is 35.2 Å². The van der Waals surface area contributed by atoms with Gasteiger partial charge in [-0.15, -0.1) is 0 Å². The number of carboxylic acid groups (broad SMARTS) is 1. The van der Waals surface area contributed by atoms with Crippen LogP contribution in [0, 0.1) is 0 Å². The molecule has 1 N–H and O–H groups in total. The van der Waals surface area contributed by atoms with Gasteiger partial charge in [-0.25, -0.2) is 5.06 Å². The monoisotopic (exact) mass is 201 g/mol. The summed E-state index contributed by atoms with van der Waals surface area (Å²) in [6, 6.07) is 0. The van der Waals surface area contributed by atoms with Crippen molar-refractivity contribution in [1.82, 2.24) is 5.06 Å². The smallest absolute Gasteiger partial charge is 0.303 e. The Kier molecular flexibility index (Phi) is 4.39. The zero-order valence-corrected chi connectivity index (χ0v) is 8.07. The summed E-state index contributed by atoms with van der Waals surface area (Å²) in [5, 5.41) is 9.75. The summed E-state index contributed by atoms with van der Waals surface area (Å²) in [7, 11) is 0. The van der Waals surface area contributed by atoms with Gasteiger partial charge in [-0.05, 0) is 19.3 Å². The highest BCUT2D eigenvalue weighted by Gasteiger charge is 2.18. The van der Waals surface area contributed by atoms with E-state index in [4.69, 9.17) is 9.94 Å². The van der Waals surface area contributed by atoms with E-state index in [-0.39, 0.29) is 12.3 Å². The molecular formula is C9H15NO4. The number of hydrogen-bond acceptors (Lipinski definition) is 3. The summed E-state index contributed by atoms with van der Waals surface area (Å²) in [5.41, 5.74) is 0. The molecule has 0 radical (unpaired) electrons. The van der Waals surface area contributed by atoms with E-state index in [1.807, 2.05) is 0 Å². The molecule has 0 spiro atoms. The van der Waals surface area contributed by atoms with E-state index in [2.05, 4.69) is 0 Å². The maximum absolute atomic E-state index is 11.3. The number of unbranched alkanes of at least 4 members (excludes halogenated alkanes) is 1. The highest BCUT2D eigenvalue weighted by atomic mass is 16.7. The van der Waals surface area contributed by atoms with E-state index in [1.54, 1.807) is 0 Å². The van der Waals surface area contributed by atoms with Gasteiger partial charge in [-0.1, -0.05) is 0 Å². The fraction of sp³-hybridized carbons (Fsp3) is 0.778. The lowest BCUT2D eigenvalue weighted by atomic mass is 10.2. The molecule has 0 bridgehead atoms. The number of carbonyl (C=O) groups excluding carboxylic acids is 1. The lowest BCUT2D eigenvalue weighted by molar-refractivity contribution is -0.168. The van der Waals surface area contributed by atoms with Crippen LogP contribution in [0.5, 0.6) is 0 Å². The van der Waals surface area contributed by atoms with Crippen LogP contribution in [0.2, 0.25) is 0 Å². The van der Waals surface area contributed by atoms with Crippen molar-refractivity contribution in [2.24, 2.45) is 0 Å². The molecule has 0 aromatic heterocycles. The van der Waals surface area contributed by atoms with Gasteiger partial charge in [0.2, 0.25) is 5.91 Å². The van der Waals surface area contributed by atoms with Crippen molar-refractivity contribution in [3.8, 4) is 0 Å². The molecule has 0 atom stereocenters. The fourth-order valence-electron chi connectivity index (χ4n) is 1.32. The first-order valence-corrected chi connectivity index (χ1v) is 4.85. The predicted octanol–water partition coefficient (Wildman–Crippen LogP) is 0.795. The van der Waals surface area contributed by atoms with E-state index in [0.717, 1.165) is 6.42 Å². The molecule has 1 heterocycles. The number of amides is 1. The molecule has 1 rings (SSSR count). The number of hydroxylamine groups is 2. The molecule has 0 aromatic rings. The third-order valence-electron chi connectivity index (χ3n) is 2.06. The van der Waals surface area contributed by atoms with Crippen molar-refractivity contribution in [3.63, 3.8) is 0 Å². The van der Waals surface area contributed by atoms with Gasteiger partial charge in [0.15, 0.2) is 0 Å². The van der Waals surface area contributed by atoms with Gasteiger partial charge in [0, 0.05) is 12.8 Å². The Balaban J connectivity index is 2.05. The van der Waals surface area contributed by atoms with Gasteiger partial charge >= 0.3 is 5.97 Å². The van der Waals surface area contributed by atoms with Crippen molar-refractivity contribution in [2.45, 2.75) is 32.1 Å². The molecule has 5 heteroatoms. The quantitative estimate of drug-likeness (QED) is 0.668. The zero-order valence-electron chi connectivity index (χ0n) is 8.07. The largest absolute Gasteiger partial charge is 0.481 e. The summed E-state index contributed by atoms with van der Waals surface area (Å²) in [5.74, 6) is -0.845. The zero-order chi connectivity index (χ0) is 10.4. The molecule has 14 heavy (non-hydrogen) atoms. The summed E-state index contributed by atoms with van der Waals surface area (Å²) in [6.07, 6.45) is 2.57. The van der Waals surface area contributed by atoms with E-state index < -0.39 is 5.97 Å². The number of carboxylic acids is 1. The van der Waals surface area contributed by atoms with Gasteiger partial charge in [0.05, 0.1) is 13.2 Å². The molecular weight excluding hydrogens is 186 g/mol. The van der Waals surface area contributed by atoms with Gasteiger partial charge in [0.1, 0.15) is 0 Å². The molecule has 1 saturated heterocycles. The second kappa shape index (κ2) is 5.59. The van der Waals surface area contributed by atoms with Crippen LogP contribution in [0.3, 0.4) is 0 Å². The average molecular weight is 201 g/mol. The molecule has 1 fully saturated rings. The molecule has 1 aliphatic rings. The Labute approximate surface area is 82.6 Å². The standard InChI is InChI=1S/C9H15NO4/c11-8(10-6-3-7-14-10)4-1-2-5-9(12)13/h1-7H2,(H,12,13). The van der Waals surface area contributed by atoms with E-state index in [1.165, 1.54) is 5.06 Å². The van der Waals surface area contributed by atoms with Crippen LogP contribution in [0.1, 0.15) is 32.1 Å². The summed E-state index contributed by atoms with van der Waals surface area (Å²) >= 11 is 0. The van der Waals surface area contributed by atoms with Crippen LogP contribution in [0.4, 0.5) is 0 Å². The molecule has 0 aliphatic carbocycles. The third kappa shape index (κ3) is 3.74. The SMILES string of the molecule is O=C(O)CCCCC(=O)N1CCCO1. The minimum Gasteiger partial charge on any atom is -0.481 e. The molecule has 0 aromatic carbocycles. The number of aliphatic carboxylic acids is 1. The molecule has 1 amide bonds. The van der Waals surface area contributed by atoms with Crippen LogP contribution in [0.15, 0.2) is 0 Å². The Morgan fingerprint density at radius 2 is 2.00 bits per heavy atom. The normalized spacial score (nSPS) is 15.9. The Morgan fingerprint density at radius 1 is 1.29 bits per heavy atom. The molecule has 5 nitrogen and oxygen atoms in total.